The number of nitrogens with one attached hydrogen (secondary N) is 2. The molecule has 0 bridgehead atoms. The Morgan fingerprint density at radius 2 is 1.82 bits per heavy atom. The molecular formula is C18H32N2OS. The van der Waals surface area contributed by atoms with E-state index in [1.54, 1.807) is 0 Å². The Morgan fingerprint density at radius 3 is 2.55 bits per heavy atom. The van der Waals surface area contributed by atoms with E-state index in [1.807, 2.05) is 25.8 Å². The van der Waals surface area contributed by atoms with Crippen LogP contribution in [0, 0.1) is 0 Å². The second kappa shape index (κ2) is 11.8. The summed E-state index contributed by atoms with van der Waals surface area (Å²) in [5, 5.41) is 10.5. The first-order valence-electron chi connectivity index (χ1n) is 8.66. The predicted octanol–water partition coefficient (Wildman–Crippen LogP) is 4.61. The minimum atomic E-state index is 0.716. The Labute approximate surface area is 140 Å². The third kappa shape index (κ3) is 6.19. The lowest BCUT2D eigenvalue weighted by Gasteiger charge is -2.23. The number of benzene rings is 1. The molecule has 2 aliphatic rings. The van der Waals surface area contributed by atoms with Crippen LogP contribution < -0.4 is 10.0 Å². The highest BCUT2D eigenvalue weighted by molar-refractivity contribution is 7.97. The maximum Gasteiger partial charge on any atom is 0.0384 e. The summed E-state index contributed by atoms with van der Waals surface area (Å²) >= 11 is 1.81. The van der Waals surface area contributed by atoms with E-state index in [2.05, 4.69) is 28.2 Å². The van der Waals surface area contributed by atoms with Gasteiger partial charge in [0.15, 0.2) is 0 Å². The van der Waals surface area contributed by atoms with Gasteiger partial charge in [-0.1, -0.05) is 39.2 Å². The lowest BCUT2D eigenvalue weighted by atomic mass is 9.96. The Morgan fingerprint density at radius 1 is 1.09 bits per heavy atom. The molecule has 1 heterocycles. The molecule has 1 aromatic carbocycles. The van der Waals surface area contributed by atoms with Crippen LogP contribution in [-0.2, 0) is 6.42 Å². The monoisotopic (exact) mass is 324 g/mol. The minimum absolute atomic E-state index is 0.716. The van der Waals surface area contributed by atoms with Crippen molar-refractivity contribution in [3.8, 4) is 0 Å². The van der Waals surface area contributed by atoms with E-state index >= 15 is 0 Å². The van der Waals surface area contributed by atoms with Gasteiger partial charge in [0.25, 0.3) is 0 Å². The first-order valence-corrected chi connectivity index (χ1v) is 9.47. The number of hydrogen-bond acceptors (Lipinski definition) is 4. The van der Waals surface area contributed by atoms with E-state index in [0.29, 0.717) is 6.04 Å². The van der Waals surface area contributed by atoms with Gasteiger partial charge < -0.3 is 10.4 Å². The maximum atomic E-state index is 7.00. The molecule has 0 amide bonds. The summed E-state index contributed by atoms with van der Waals surface area (Å²) in [5.41, 5.74) is 2.82. The number of aliphatic hydroxyl groups is 1. The van der Waals surface area contributed by atoms with Crippen LogP contribution in [-0.4, -0.2) is 24.8 Å². The standard InChI is InChI=1S/C15H22N2S.C2H6.CH4O/c1-2-6-13(7-3-1)17-18-14-9-8-12-5-4-10-16-15(12)11-14;2*1-2/h8-9,11,13,16-17H,1-7,10H2;1-2H3;2H,1H3. The van der Waals surface area contributed by atoms with Gasteiger partial charge in [0.1, 0.15) is 0 Å². The van der Waals surface area contributed by atoms with E-state index in [-0.39, 0.29) is 0 Å². The smallest absolute Gasteiger partial charge is 0.0384 e. The number of anilines is 1. The highest BCUT2D eigenvalue weighted by atomic mass is 32.2. The zero-order chi connectivity index (χ0) is 16.2. The van der Waals surface area contributed by atoms with Crippen molar-refractivity contribution in [2.45, 2.75) is 69.7 Å². The Bertz CT molecular complexity index is 406. The van der Waals surface area contributed by atoms with Crippen LogP contribution >= 0.6 is 11.9 Å². The van der Waals surface area contributed by atoms with Gasteiger partial charge in [-0.05, 0) is 55.3 Å². The molecule has 0 unspecified atom stereocenters. The van der Waals surface area contributed by atoms with Crippen molar-refractivity contribution >= 4 is 17.6 Å². The van der Waals surface area contributed by atoms with E-state index < -0.39 is 0 Å². The fourth-order valence-electron chi connectivity index (χ4n) is 2.88. The van der Waals surface area contributed by atoms with Gasteiger partial charge in [-0.2, -0.15) is 0 Å². The lowest BCUT2D eigenvalue weighted by Crippen LogP contribution is -2.25. The summed E-state index contributed by atoms with van der Waals surface area (Å²) in [7, 11) is 1.00. The molecule has 3 rings (SSSR count). The molecule has 4 heteroatoms. The molecule has 0 spiro atoms. The zero-order valence-electron chi connectivity index (χ0n) is 14.3. The molecule has 1 aromatic rings. The van der Waals surface area contributed by atoms with Gasteiger partial charge in [0, 0.05) is 30.3 Å². The van der Waals surface area contributed by atoms with Gasteiger partial charge in [-0.3, -0.25) is 4.72 Å². The van der Waals surface area contributed by atoms with E-state index in [9.17, 15) is 0 Å². The van der Waals surface area contributed by atoms with Crippen molar-refractivity contribution in [3.05, 3.63) is 23.8 Å². The highest BCUT2D eigenvalue weighted by Gasteiger charge is 2.14. The summed E-state index contributed by atoms with van der Waals surface area (Å²) in [6.07, 6.45) is 9.38. The summed E-state index contributed by atoms with van der Waals surface area (Å²) < 4.78 is 3.63. The molecule has 3 N–H and O–H groups in total. The third-order valence-corrected chi connectivity index (χ3v) is 4.91. The van der Waals surface area contributed by atoms with Crippen molar-refractivity contribution in [2.24, 2.45) is 0 Å². The molecule has 0 saturated heterocycles. The summed E-state index contributed by atoms with van der Waals surface area (Å²) in [6, 6.07) is 7.56. The average Bonchev–Trinajstić information content (AvgIpc) is 2.64. The van der Waals surface area contributed by atoms with Crippen LogP contribution in [0.4, 0.5) is 5.69 Å². The first-order chi connectivity index (χ1) is 10.9. The quantitative estimate of drug-likeness (QED) is 0.711. The molecule has 22 heavy (non-hydrogen) atoms. The molecule has 1 fully saturated rings. The molecule has 1 saturated carbocycles. The maximum absolute atomic E-state index is 7.00. The van der Waals surface area contributed by atoms with Gasteiger partial charge in [-0.25, -0.2) is 0 Å². The second-order valence-corrected chi connectivity index (χ2v) is 6.32. The fraction of sp³-hybridized carbons (Fsp3) is 0.667. The molecule has 1 aliphatic carbocycles. The Balaban J connectivity index is 0.000000561. The van der Waals surface area contributed by atoms with E-state index in [0.717, 1.165) is 13.7 Å². The Hall–Kier alpha value is -0.710. The van der Waals surface area contributed by atoms with Gasteiger partial charge >= 0.3 is 0 Å². The second-order valence-electron chi connectivity index (χ2n) is 5.40. The van der Waals surface area contributed by atoms with Gasteiger partial charge in [-0.15, -0.1) is 0 Å². The van der Waals surface area contributed by atoms with Crippen molar-refractivity contribution in [1.82, 2.24) is 4.72 Å². The van der Waals surface area contributed by atoms with Gasteiger partial charge in [0.05, 0.1) is 0 Å². The van der Waals surface area contributed by atoms with Crippen LogP contribution in [0.2, 0.25) is 0 Å². The van der Waals surface area contributed by atoms with Crippen molar-refractivity contribution in [1.29, 1.82) is 0 Å². The number of aryl methyl sites for hydroxylation is 1. The molecule has 126 valence electrons. The average molecular weight is 325 g/mol. The molecular weight excluding hydrogens is 292 g/mol. The fourth-order valence-corrected chi connectivity index (χ4v) is 3.73. The normalized spacial score (nSPS) is 17.1. The summed E-state index contributed by atoms with van der Waals surface area (Å²) in [4.78, 5) is 1.34. The van der Waals surface area contributed by atoms with E-state index in [4.69, 9.17) is 5.11 Å². The number of aliphatic hydroxyl groups excluding tert-OH is 1. The van der Waals surface area contributed by atoms with Crippen LogP contribution in [0.15, 0.2) is 23.1 Å². The summed E-state index contributed by atoms with van der Waals surface area (Å²) in [5.74, 6) is 0. The largest absolute Gasteiger partial charge is 0.400 e. The molecule has 1 aliphatic heterocycles. The predicted molar refractivity (Wildman–Crippen MR) is 98.6 cm³/mol. The Kier molecular flexibility index (Phi) is 10.4. The number of hydrogen-bond donors (Lipinski definition) is 3. The van der Waals surface area contributed by atoms with Crippen LogP contribution in [0.3, 0.4) is 0 Å². The molecule has 0 radical (unpaired) electrons. The minimum Gasteiger partial charge on any atom is -0.400 e. The topological polar surface area (TPSA) is 44.3 Å². The number of fused-ring (bicyclic) bond motifs is 1. The third-order valence-electron chi connectivity index (χ3n) is 3.97. The lowest BCUT2D eigenvalue weighted by molar-refractivity contribution is 0.399. The van der Waals surface area contributed by atoms with Crippen LogP contribution in [0.1, 0.15) is 57.9 Å². The van der Waals surface area contributed by atoms with E-state index in [1.165, 1.54) is 61.1 Å². The van der Waals surface area contributed by atoms with Crippen LogP contribution in [0.25, 0.3) is 0 Å². The van der Waals surface area contributed by atoms with Crippen molar-refractivity contribution in [2.75, 3.05) is 19.0 Å². The summed E-state index contributed by atoms with van der Waals surface area (Å²) in [6.45, 7) is 5.12. The SMILES string of the molecule is CC.CO.c1cc2c(cc1SNC1CCCCC1)NCCC2. The van der Waals surface area contributed by atoms with Crippen LogP contribution in [0.5, 0.6) is 0 Å². The highest BCUT2D eigenvalue weighted by Crippen LogP contribution is 2.28. The molecule has 3 nitrogen and oxygen atoms in total. The van der Waals surface area contributed by atoms with Crippen molar-refractivity contribution in [3.63, 3.8) is 0 Å². The molecule has 0 atom stereocenters. The molecule has 0 aromatic heterocycles. The van der Waals surface area contributed by atoms with Gasteiger partial charge in [0.2, 0.25) is 0 Å². The van der Waals surface area contributed by atoms with Crippen molar-refractivity contribution < 1.29 is 5.11 Å². The first kappa shape index (κ1) is 19.3. The number of rotatable bonds is 3. The zero-order valence-corrected chi connectivity index (χ0v) is 15.1.